The molecule has 0 atom stereocenters. The van der Waals surface area contributed by atoms with Gasteiger partial charge >= 0.3 is 6.92 Å². The molecule has 0 unspecified atom stereocenters. The highest BCUT2D eigenvalue weighted by Crippen LogP contribution is 2.49. The third-order valence-corrected chi connectivity index (χ3v) is 12.5. The fourth-order valence-electron chi connectivity index (χ4n) is 10.5. The molecule has 2 aliphatic heterocycles. The fourth-order valence-corrected chi connectivity index (χ4v) is 10.5. The summed E-state index contributed by atoms with van der Waals surface area (Å²) in [7, 11) is 0. The smallest absolute Gasteiger partial charge is 0.431 e. The molecule has 3 heterocycles. The number of hydrogen-bond acceptors (Lipinski definition) is 2. The van der Waals surface area contributed by atoms with E-state index in [9.17, 15) is 0 Å². The van der Waals surface area contributed by atoms with Crippen LogP contribution in [-0.4, -0.2) is 11.5 Å². The Labute approximate surface area is 340 Å². The largest absolute Gasteiger partial charge is 0.551 e. The minimum absolute atomic E-state index is 0.308. The Hall–Kier alpha value is -6.78. The van der Waals surface area contributed by atoms with Gasteiger partial charge in [-0.2, -0.15) is 0 Å². The molecule has 11 rings (SSSR count). The van der Waals surface area contributed by atoms with Crippen LogP contribution in [0.1, 0.15) is 33.4 Å². The zero-order valence-corrected chi connectivity index (χ0v) is 33.8. The Morgan fingerprint density at radius 1 is 0.466 bits per heavy atom. The first-order chi connectivity index (χ1) is 28.2. The number of aromatic nitrogens is 1. The van der Waals surface area contributed by atoms with Crippen molar-refractivity contribution in [3.05, 3.63) is 185 Å². The SMILES string of the molecule is Cc1cc(C)c(-c2ccc(N3c4ccc(-c5c(C)cc(C)cc5C)cc4B4Oc5ccccc5-c5c4c3cc3c5c4ccccc4n3-c3ccccc3)cc2)c(C)c1. The van der Waals surface area contributed by atoms with E-state index in [1.165, 1.54) is 93.9 Å². The molecule has 0 spiro atoms. The zero-order chi connectivity index (χ0) is 39.4. The van der Waals surface area contributed by atoms with Crippen molar-refractivity contribution in [2.75, 3.05) is 4.90 Å². The first-order valence-corrected chi connectivity index (χ1v) is 20.4. The van der Waals surface area contributed by atoms with Crippen LogP contribution in [0.4, 0.5) is 17.1 Å². The summed E-state index contributed by atoms with van der Waals surface area (Å²) in [4.78, 5) is 2.49. The molecule has 2 aliphatic rings. The van der Waals surface area contributed by atoms with Gasteiger partial charge in [-0.05, 0) is 146 Å². The van der Waals surface area contributed by atoms with Crippen LogP contribution in [-0.2, 0) is 0 Å². The van der Waals surface area contributed by atoms with E-state index in [1.807, 2.05) is 0 Å². The second kappa shape index (κ2) is 12.9. The van der Waals surface area contributed by atoms with Crippen molar-refractivity contribution in [2.45, 2.75) is 41.5 Å². The quantitative estimate of drug-likeness (QED) is 0.167. The minimum atomic E-state index is -0.308. The molecule has 58 heavy (non-hydrogen) atoms. The molecule has 0 saturated heterocycles. The summed E-state index contributed by atoms with van der Waals surface area (Å²) in [6.07, 6.45) is 0. The van der Waals surface area contributed by atoms with E-state index >= 15 is 0 Å². The van der Waals surface area contributed by atoms with Gasteiger partial charge in [-0.25, -0.2) is 0 Å². The summed E-state index contributed by atoms with van der Waals surface area (Å²) < 4.78 is 9.70. The van der Waals surface area contributed by atoms with E-state index < -0.39 is 0 Å². The van der Waals surface area contributed by atoms with Crippen molar-refractivity contribution in [1.29, 1.82) is 0 Å². The van der Waals surface area contributed by atoms with Crippen molar-refractivity contribution in [2.24, 2.45) is 0 Å². The molecule has 3 nitrogen and oxygen atoms in total. The van der Waals surface area contributed by atoms with E-state index in [1.54, 1.807) is 0 Å². The summed E-state index contributed by atoms with van der Waals surface area (Å²) >= 11 is 0. The number of rotatable bonds is 4. The molecule has 0 amide bonds. The standard InChI is InChI=1S/C54H43BN2O/c1-32-26-34(3)50(35(4)27-32)38-20-23-41(24-21-38)57-46-25-22-39(51-36(5)28-33(2)29-37(51)6)30-44(46)55-54-48(57)31-47-52(53(54)43-17-11-13-19-49(43)58-55)42-16-10-12-18-45(42)56(47)40-14-8-7-9-15-40/h7-31H,1-6H3. The normalized spacial score (nSPS) is 12.7. The molecule has 4 heteroatoms. The average Bonchev–Trinajstić information content (AvgIpc) is 3.55. The molecule has 0 aliphatic carbocycles. The maximum Gasteiger partial charge on any atom is 0.431 e. The van der Waals surface area contributed by atoms with Gasteiger partial charge in [0, 0.05) is 44.5 Å². The first-order valence-electron chi connectivity index (χ1n) is 20.4. The fraction of sp³-hybridized carbons (Fsp3) is 0.111. The highest BCUT2D eigenvalue weighted by atomic mass is 16.4. The molecule has 0 N–H and O–H groups in total. The average molecular weight is 747 g/mol. The summed E-state index contributed by atoms with van der Waals surface area (Å²) in [5.74, 6) is 0.913. The van der Waals surface area contributed by atoms with Crippen LogP contribution < -0.4 is 20.5 Å². The monoisotopic (exact) mass is 746 g/mol. The van der Waals surface area contributed by atoms with Crippen LogP contribution >= 0.6 is 0 Å². The number of para-hydroxylation sites is 3. The molecule has 8 aromatic carbocycles. The van der Waals surface area contributed by atoms with Gasteiger partial charge in [0.25, 0.3) is 0 Å². The second-order valence-corrected chi connectivity index (χ2v) is 16.5. The Morgan fingerprint density at radius 3 is 1.78 bits per heavy atom. The Balaban J connectivity index is 1.24. The Bertz CT molecular complexity index is 3110. The van der Waals surface area contributed by atoms with Crippen molar-refractivity contribution < 1.29 is 4.65 Å². The lowest BCUT2D eigenvalue weighted by molar-refractivity contribution is 0.590. The molecule has 9 aromatic rings. The first kappa shape index (κ1) is 34.5. The summed E-state index contributed by atoms with van der Waals surface area (Å²) in [6, 6.07) is 56.2. The van der Waals surface area contributed by atoms with Crippen LogP contribution in [0.5, 0.6) is 5.75 Å². The maximum absolute atomic E-state index is 7.25. The molecule has 278 valence electrons. The number of fused-ring (bicyclic) bond motifs is 8. The van der Waals surface area contributed by atoms with E-state index in [4.69, 9.17) is 4.65 Å². The van der Waals surface area contributed by atoms with E-state index in [0.29, 0.717) is 0 Å². The molecule has 0 bridgehead atoms. The van der Waals surface area contributed by atoms with Gasteiger partial charge in [-0.3, -0.25) is 0 Å². The molecular weight excluding hydrogens is 703 g/mol. The summed E-state index contributed by atoms with van der Waals surface area (Å²) in [5.41, 5.74) is 24.4. The van der Waals surface area contributed by atoms with Gasteiger partial charge < -0.3 is 14.1 Å². The minimum Gasteiger partial charge on any atom is -0.551 e. The van der Waals surface area contributed by atoms with E-state index in [-0.39, 0.29) is 6.92 Å². The van der Waals surface area contributed by atoms with Gasteiger partial charge in [0.1, 0.15) is 5.75 Å². The summed E-state index contributed by atoms with van der Waals surface area (Å²) in [5, 5.41) is 2.49. The number of hydrogen-bond donors (Lipinski definition) is 0. The highest BCUT2D eigenvalue weighted by Gasteiger charge is 2.44. The van der Waals surface area contributed by atoms with Crippen LogP contribution in [0, 0.1) is 41.5 Å². The molecule has 0 radical (unpaired) electrons. The van der Waals surface area contributed by atoms with Crippen LogP contribution in [0.2, 0.25) is 0 Å². The maximum atomic E-state index is 7.25. The predicted octanol–water partition coefficient (Wildman–Crippen LogP) is 12.9. The molecule has 1 aromatic heterocycles. The topological polar surface area (TPSA) is 17.4 Å². The molecule has 0 saturated carbocycles. The Morgan fingerprint density at radius 2 is 1.07 bits per heavy atom. The third kappa shape index (κ3) is 5.07. The molecular formula is C54H43BN2O. The Kier molecular flexibility index (Phi) is 7.65. The summed E-state index contributed by atoms with van der Waals surface area (Å²) in [6.45, 7) is 13.0. The van der Waals surface area contributed by atoms with Crippen molar-refractivity contribution in [3.63, 3.8) is 0 Å². The zero-order valence-electron chi connectivity index (χ0n) is 33.8. The number of anilines is 3. The van der Waals surface area contributed by atoms with Crippen molar-refractivity contribution in [3.8, 4) is 44.8 Å². The van der Waals surface area contributed by atoms with Crippen molar-refractivity contribution >= 4 is 56.7 Å². The van der Waals surface area contributed by atoms with Gasteiger partial charge in [0.05, 0.1) is 11.0 Å². The van der Waals surface area contributed by atoms with E-state index in [2.05, 4.69) is 203 Å². The van der Waals surface area contributed by atoms with Gasteiger partial charge in [0.2, 0.25) is 0 Å². The van der Waals surface area contributed by atoms with E-state index in [0.717, 1.165) is 34.1 Å². The van der Waals surface area contributed by atoms with Gasteiger partial charge in [-0.1, -0.05) is 114 Å². The van der Waals surface area contributed by atoms with Crippen LogP contribution in [0.25, 0.3) is 60.9 Å². The van der Waals surface area contributed by atoms with Gasteiger partial charge in [-0.15, -0.1) is 0 Å². The lowest BCUT2D eigenvalue weighted by Gasteiger charge is -2.40. The molecule has 0 fully saturated rings. The number of nitrogens with zero attached hydrogens (tertiary/aromatic N) is 2. The lowest BCUT2D eigenvalue weighted by atomic mass is 9.49. The highest BCUT2D eigenvalue weighted by molar-refractivity contribution is 6.86. The van der Waals surface area contributed by atoms with Gasteiger partial charge in [0.15, 0.2) is 0 Å². The number of aryl methyl sites for hydroxylation is 6. The third-order valence-electron chi connectivity index (χ3n) is 12.5. The van der Waals surface area contributed by atoms with Crippen LogP contribution in [0.15, 0.2) is 152 Å². The predicted molar refractivity (Wildman–Crippen MR) is 246 cm³/mol. The lowest BCUT2D eigenvalue weighted by Crippen LogP contribution is -2.56. The van der Waals surface area contributed by atoms with Crippen molar-refractivity contribution in [1.82, 2.24) is 4.57 Å². The number of benzene rings is 8. The second-order valence-electron chi connectivity index (χ2n) is 16.5. The van der Waals surface area contributed by atoms with Crippen LogP contribution in [0.3, 0.4) is 0 Å².